The summed E-state index contributed by atoms with van der Waals surface area (Å²) in [5.41, 5.74) is 4.16. The Bertz CT molecular complexity index is 1060. The fraction of sp³-hybridized carbons (Fsp3) is 0.240. The molecule has 3 nitrogen and oxygen atoms in total. The summed E-state index contributed by atoms with van der Waals surface area (Å²) in [7, 11) is 0. The second-order valence-electron chi connectivity index (χ2n) is 7.69. The largest absolute Gasteiger partial charge is 0.265 e. The highest BCUT2D eigenvalue weighted by Gasteiger charge is 2.42. The number of benzene rings is 2. The molecule has 0 fully saturated rings. The van der Waals surface area contributed by atoms with Crippen molar-refractivity contribution in [3.05, 3.63) is 107 Å². The van der Waals surface area contributed by atoms with Crippen molar-refractivity contribution in [2.75, 3.05) is 0 Å². The van der Waals surface area contributed by atoms with Crippen molar-refractivity contribution in [1.29, 1.82) is 0 Å². The van der Waals surface area contributed by atoms with Crippen molar-refractivity contribution in [2.45, 2.75) is 38.1 Å². The van der Waals surface area contributed by atoms with Crippen LogP contribution >= 0.6 is 0 Å². The van der Waals surface area contributed by atoms with Crippen molar-refractivity contribution < 1.29 is 4.39 Å². The summed E-state index contributed by atoms with van der Waals surface area (Å²) in [5.74, 6) is 0.0737. The average molecular weight is 385 g/mol. The lowest BCUT2D eigenvalue weighted by atomic mass is 9.75. The Morgan fingerprint density at radius 3 is 2.55 bits per heavy atom. The average Bonchev–Trinajstić information content (AvgIpc) is 3.18. The summed E-state index contributed by atoms with van der Waals surface area (Å²) < 4.78 is 14.9. The smallest absolute Gasteiger partial charge is 0.137 e. The molecule has 0 spiro atoms. The van der Waals surface area contributed by atoms with Crippen LogP contribution in [0.1, 0.15) is 47.9 Å². The molecule has 2 unspecified atom stereocenters. The Morgan fingerprint density at radius 1 is 1.00 bits per heavy atom. The second-order valence-corrected chi connectivity index (χ2v) is 7.69. The zero-order chi connectivity index (χ0) is 20.3. The number of hydrogen-bond donors (Lipinski definition) is 0. The molecule has 0 N–H and O–H groups in total. The molecule has 0 radical (unpaired) electrons. The lowest BCUT2D eigenvalue weighted by molar-refractivity contribution is 0.450. The minimum Gasteiger partial charge on any atom is -0.265 e. The Hall–Kier alpha value is -3.14. The van der Waals surface area contributed by atoms with Gasteiger partial charge >= 0.3 is 0 Å². The summed E-state index contributed by atoms with van der Waals surface area (Å²) in [4.78, 5) is 4.11. The van der Waals surface area contributed by atoms with Gasteiger partial charge in [0.05, 0.1) is 6.20 Å². The van der Waals surface area contributed by atoms with Crippen LogP contribution in [0, 0.1) is 12.7 Å². The van der Waals surface area contributed by atoms with Gasteiger partial charge in [-0.2, -0.15) is 10.2 Å². The van der Waals surface area contributed by atoms with Crippen LogP contribution in [0.4, 0.5) is 4.39 Å². The van der Waals surface area contributed by atoms with E-state index in [1.165, 1.54) is 17.2 Å². The quantitative estimate of drug-likeness (QED) is 0.459. The fourth-order valence-electron chi connectivity index (χ4n) is 4.07. The van der Waals surface area contributed by atoms with Crippen LogP contribution in [0.25, 0.3) is 5.57 Å². The number of azo groups is 1. The summed E-state index contributed by atoms with van der Waals surface area (Å²) in [6, 6.07) is 19.3. The highest BCUT2D eigenvalue weighted by Crippen LogP contribution is 2.48. The third kappa shape index (κ3) is 3.75. The van der Waals surface area contributed by atoms with Crippen LogP contribution in [-0.2, 0) is 5.54 Å². The van der Waals surface area contributed by atoms with E-state index in [4.69, 9.17) is 0 Å². The molecule has 146 valence electrons. The minimum absolute atomic E-state index is 0.253. The summed E-state index contributed by atoms with van der Waals surface area (Å²) in [6.07, 6.45) is 6.78. The van der Waals surface area contributed by atoms with E-state index >= 15 is 0 Å². The zero-order valence-electron chi connectivity index (χ0n) is 16.7. The first-order valence-electron chi connectivity index (χ1n) is 9.95. The fourth-order valence-corrected chi connectivity index (χ4v) is 4.07. The maximum Gasteiger partial charge on any atom is 0.137 e. The third-order valence-corrected chi connectivity index (χ3v) is 5.72. The maximum absolute atomic E-state index is 14.9. The van der Waals surface area contributed by atoms with E-state index < -0.39 is 5.54 Å². The number of rotatable bonds is 6. The molecule has 0 saturated carbocycles. The Kier molecular flexibility index (Phi) is 5.34. The van der Waals surface area contributed by atoms with Gasteiger partial charge < -0.3 is 0 Å². The molecule has 1 aromatic heterocycles. The number of aromatic nitrogens is 1. The van der Waals surface area contributed by atoms with Crippen LogP contribution in [0.2, 0.25) is 0 Å². The van der Waals surface area contributed by atoms with Gasteiger partial charge in [-0.05, 0) is 55.0 Å². The van der Waals surface area contributed by atoms with Crippen LogP contribution in [0.5, 0.6) is 0 Å². The van der Waals surface area contributed by atoms with Crippen LogP contribution in [0.15, 0.2) is 89.5 Å². The molecule has 0 bridgehead atoms. The summed E-state index contributed by atoms with van der Waals surface area (Å²) >= 11 is 0. The Labute approximate surface area is 171 Å². The lowest BCUT2D eigenvalue weighted by Gasteiger charge is -2.30. The third-order valence-electron chi connectivity index (χ3n) is 5.72. The van der Waals surface area contributed by atoms with Crippen molar-refractivity contribution in [3.63, 3.8) is 0 Å². The van der Waals surface area contributed by atoms with Crippen molar-refractivity contribution >= 4 is 5.57 Å². The van der Waals surface area contributed by atoms with E-state index in [2.05, 4.69) is 53.3 Å². The van der Waals surface area contributed by atoms with E-state index in [1.807, 2.05) is 24.3 Å². The highest BCUT2D eigenvalue weighted by molar-refractivity contribution is 5.76. The highest BCUT2D eigenvalue weighted by atomic mass is 19.1. The van der Waals surface area contributed by atoms with Crippen LogP contribution in [0.3, 0.4) is 0 Å². The topological polar surface area (TPSA) is 37.6 Å². The second kappa shape index (κ2) is 8.08. The van der Waals surface area contributed by atoms with Gasteiger partial charge in [0.25, 0.3) is 0 Å². The lowest BCUT2D eigenvalue weighted by Crippen LogP contribution is -2.26. The predicted molar refractivity (Wildman–Crippen MR) is 114 cm³/mol. The monoisotopic (exact) mass is 385 g/mol. The van der Waals surface area contributed by atoms with E-state index in [1.54, 1.807) is 24.7 Å². The number of hydrogen-bond acceptors (Lipinski definition) is 3. The van der Waals surface area contributed by atoms with Gasteiger partial charge in [0, 0.05) is 23.5 Å². The molecule has 0 saturated heterocycles. The van der Waals surface area contributed by atoms with Gasteiger partial charge in [-0.3, -0.25) is 4.98 Å². The molecule has 2 atom stereocenters. The molecule has 4 rings (SSSR count). The standard InChI is InChI=1S/C25H24FN3/c1-18-6-5-7-21(16-18)19(2)10-13-25(22-8-3-4-9-24(22)26)23(17-28-29-25)20-11-14-27-15-12-20/h3-9,11-12,14-17,19H,10,13H2,1-2H3. The predicted octanol–water partition coefficient (Wildman–Crippen LogP) is 6.82. The molecule has 0 aliphatic carbocycles. The number of aryl methyl sites for hydroxylation is 1. The number of pyridine rings is 1. The SMILES string of the molecule is Cc1cccc(C(C)CCC2(c3ccccc3F)N=NC=C2c2ccncc2)c1. The van der Waals surface area contributed by atoms with Crippen molar-refractivity contribution in [2.24, 2.45) is 10.2 Å². The maximum atomic E-state index is 14.9. The molecule has 29 heavy (non-hydrogen) atoms. The minimum atomic E-state index is -0.829. The normalized spacial score (nSPS) is 19.2. The van der Waals surface area contributed by atoms with Gasteiger partial charge in [-0.25, -0.2) is 4.39 Å². The molecule has 1 aliphatic rings. The number of halogens is 1. The Balaban J connectivity index is 1.71. The van der Waals surface area contributed by atoms with E-state index in [0.717, 1.165) is 17.6 Å². The van der Waals surface area contributed by atoms with Crippen molar-refractivity contribution in [3.8, 4) is 0 Å². The molecule has 0 amide bonds. The van der Waals surface area contributed by atoms with E-state index in [0.29, 0.717) is 17.9 Å². The first-order chi connectivity index (χ1) is 14.1. The number of nitrogens with zero attached hydrogens (tertiary/aromatic N) is 3. The van der Waals surface area contributed by atoms with Gasteiger partial charge in [-0.1, -0.05) is 55.0 Å². The molecular formula is C25H24FN3. The van der Waals surface area contributed by atoms with E-state index in [-0.39, 0.29) is 5.82 Å². The molecule has 1 aliphatic heterocycles. The molecular weight excluding hydrogens is 361 g/mol. The molecule has 2 heterocycles. The summed E-state index contributed by atoms with van der Waals surface area (Å²) in [5, 5.41) is 8.86. The molecule has 4 heteroatoms. The summed E-state index contributed by atoms with van der Waals surface area (Å²) in [6.45, 7) is 4.32. The first-order valence-corrected chi connectivity index (χ1v) is 9.95. The van der Waals surface area contributed by atoms with Gasteiger partial charge in [-0.15, -0.1) is 0 Å². The van der Waals surface area contributed by atoms with Crippen LogP contribution < -0.4 is 0 Å². The van der Waals surface area contributed by atoms with Gasteiger partial charge in [0.1, 0.15) is 11.4 Å². The zero-order valence-corrected chi connectivity index (χ0v) is 16.7. The van der Waals surface area contributed by atoms with E-state index in [9.17, 15) is 4.39 Å². The van der Waals surface area contributed by atoms with Gasteiger partial charge in [0.15, 0.2) is 0 Å². The van der Waals surface area contributed by atoms with Crippen molar-refractivity contribution in [1.82, 2.24) is 4.98 Å². The molecule has 3 aromatic rings. The Morgan fingerprint density at radius 2 is 1.79 bits per heavy atom. The first kappa shape index (κ1) is 19.2. The van der Waals surface area contributed by atoms with Gasteiger partial charge in [0.2, 0.25) is 0 Å². The van der Waals surface area contributed by atoms with Crippen LogP contribution in [-0.4, -0.2) is 4.98 Å². The molecule has 2 aromatic carbocycles.